The van der Waals surface area contributed by atoms with E-state index in [1.165, 1.54) is 12.8 Å². The molecule has 0 saturated heterocycles. The predicted molar refractivity (Wildman–Crippen MR) is 76.3 cm³/mol. The van der Waals surface area contributed by atoms with Crippen LogP contribution in [0.5, 0.6) is 5.75 Å². The fourth-order valence-electron chi connectivity index (χ4n) is 1.66. The van der Waals surface area contributed by atoms with E-state index >= 15 is 0 Å². The molecule has 0 unspecified atom stereocenters. The molecule has 3 nitrogen and oxygen atoms in total. The van der Waals surface area contributed by atoms with Gasteiger partial charge in [-0.2, -0.15) is 0 Å². The normalized spacial score (nSPS) is 10.3. The summed E-state index contributed by atoms with van der Waals surface area (Å²) in [6.07, 6.45) is 4.19. The standard InChI is InChI=1S/C13H21BrN2O/c1-3-5-10-16(11-8-14)13-12(17-4-2)7-6-9-15-13/h6-7,9H,3-5,8,10-11H2,1-2H3. The van der Waals surface area contributed by atoms with Gasteiger partial charge in [-0.15, -0.1) is 0 Å². The lowest BCUT2D eigenvalue weighted by molar-refractivity contribution is 0.339. The first kappa shape index (κ1) is 14.3. The number of nitrogens with zero attached hydrogens (tertiary/aromatic N) is 2. The van der Waals surface area contributed by atoms with Crippen LogP contribution in [-0.2, 0) is 0 Å². The van der Waals surface area contributed by atoms with Crippen LogP contribution in [0.2, 0.25) is 0 Å². The van der Waals surface area contributed by atoms with E-state index in [0.717, 1.165) is 30.0 Å². The summed E-state index contributed by atoms with van der Waals surface area (Å²) in [7, 11) is 0. The molecule has 0 aliphatic rings. The average Bonchev–Trinajstić information content (AvgIpc) is 2.36. The Morgan fingerprint density at radius 1 is 1.35 bits per heavy atom. The molecule has 0 fully saturated rings. The van der Waals surface area contributed by atoms with Gasteiger partial charge in [0.2, 0.25) is 0 Å². The van der Waals surface area contributed by atoms with Gasteiger partial charge in [-0.05, 0) is 25.5 Å². The molecule has 0 radical (unpaired) electrons. The number of anilines is 1. The van der Waals surface area contributed by atoms with Crippen molar-refractivity contribution < 1.29 is 4.74 Å². The number of hydrogen-bond acceptors (Lipinski definition) is 3. The SMILES string of the molecule is CCCCN(CCBr)c1ncccc1OCC. The van der Waals surface area contributed by atoms with Gasteiger partial charge < -0.3 is 9.64 Å². The summed E-state index contributed by atoms with van der Waals surface area (Å²) in [6, 6.07) is 3.90. The first-order valence-electron chi connectivity index (χ1n) is 6.22. The Morgan fingerprint density at radius 2 is 2.18 bits per heavy atom. The highest BCUT2D eigenvalue weighted by molar-refractivity contribution is 9.09. The van der Waals surface area contributed by atoms with E-state index < -0.39 is 0 Å². The van der Waals surface area contributed by atoms with Gasteiger partial charge in [0, 0.05) is 24.6 Å². The molecule has 0 aliphatic heterocycles. The molecule has 1 rings (SSSR count). The smallest absolute Gasteiger partial charge is 0.171 e. The fourth-order valence-corrected chi connectivity index (χ4v) is 2.09. The Bertz CT molecular complexity index is 320. The Labute approximate surface area is 112 Å². The van der Waals surface area contributed by atoms with Gasteiger partial charge in [0.1, 0.15) is 0 Å². The van der Waals surface area contributed by atoms with Crippen LogP contribution in [0.25, 0.3) is 0 Å². The molecule has 1 aromatic heterocycles. The van der Waals surface area contributed by atoms with Crippen molar-refractivity contribution >= 4 is 21.7 Å². The highest BCUT2D eigenvalue weighted by atomic mass is 79.9. The van der Waals surface area contributed by atoms with E-state index in [4.69, 9.17) is 4.74 Å². The molecule has 4 heteroatoms. The van der Waals surface area contributed by atoms with E-state index in [-0.39, 0.29) is 0 Å². The molecule has 0 atom stereocenters. The molecular formula is C13H21BrN2O. The minimum Gasteiger partial charge on any atom is -0.490 e. The molecule has 0 amide bonds. The summed E-state index contributed by atoms with van der Waals surface area (Å²) >= 11 is 3.49. The van der Waals surface area contributed by atoms with Crippen LogP contribution in [0.1, 0.15) is 26.7 Å². The minimum atomic E-state index is 0.675. The second-order valence-electron chi connectivity index (χ2n) is 3.79. The summed E-state index contributed by atoms with van der Waals surface area (Å²) in [6.45, 7) is 6.86. The zero-order valence-electron chi connectivity index (χ0n) is 10.7. The Balaban J connectivity index is 2.83. The number of alkyl halides is 1. The molecule has 0 aromatic carbocycles. The first-order chi connectivity index (χ1) is 8.33. The van der Waals surface area contributed by atoms with Crippen molar-refractivity contribution in [2.75, 3.05) is 29.9 Å². The lowest BCUT2D eigenvalue weighted by Crippen LogP contribution is -2.28. The van der Waals surface area contributed by atoms with Gasteiger partial charge in [0.15, 0.2) is 11.6 Å². The van der Waals surface area contributed by atoms with Gasteiger partial charge >= 0.3 is 0 Å². The first-order valence-corrected chi connectivity index (χ1v) is 7.34. The van der Waals surface area contributed by atoms with Crippen LogP contribution in [0.15, 0.2) is 18.3 Å². The fraction of sp³-hybridized carbons (Fsp3) is 0.615. The van der Waals surface area contributed by atoms with Crippen LogP contribution in [0.4, 0.5) is 5.82 Å². The zero-order chi connectivity index (χ0) is 12.5. The van der Waals surface area contributed by atoms with Gasteiger partial charge in [0.25, 0.3) is 0 Å². The molecule has 0 aliphatic carbocycles. The average molecular weight is 301 g/mol. The largest absolute Gasteiger partial charge is 0.490 e. The number of halogens is 1. The molecule has 96 valence electrons. The topological polar surface area (TPSA) is 25.4 Å². The minimum absolute atomic E-state index is 0.675. The maximum Gasteiger partial charge on any atom is 0.171 e. The van der Waals surface area contributed by atoms with Gasteiger partial charge in [-0.25, -0.2) is 4.98 Å². The Hall–Kier alpha value is -0.770. The molecule has 1 aromatic rings. The third-order valence-electron chi connectivity index (χ3n) is 2.49. The lowest BCUT2D eigenvalue weighted by Gasteiger charge is -2.24. The number of ether oxygens (including phenoxy) is 1. The monoisotopic (exact) mass is 300 g/mol. The van der Waals surface area contributed by atoms with Gasteiger partial charge in [-0.3, -0.25) is 0 Å². The molecule has 0 N–H and O–H groups in total. The second-order valence-corrected chi connectivity index (χ2v) is 4.58. The Morgan fingerprint density at radius 3 is 2.82 bits per heavy atom. The Kier molecular flexibility index (Phi) is 7.01. The van der Waals surface area contributed by atoms with Crippen molar-refractivity contribution in [3.63, 3.8) is 0 Å². The third-order valence-corrected chi connectivity index (χ3v) is 2.84. The third kappa shape index (κ3) is 4.54. The number of unbranched alkanes of at least 4 members (excludes halogenated alkanes) is 1. The van der Waals surface area contributed by atoms with Crippen molar-refractivity contribution in [2.45, 2.75) is 26.7 Å². The number of hydrogen-bond donors (Lipinski definition) is 0. The van der Waals surface area contributed by atoms with Crippen molar-refractivity contribution in [3.05, 3.63) is 18.3 Å². The summed E-state index contributed by atoms with van der Waals surface area (Å²) in [5.41, 5.74) is 0. The van der Waals surface area contributed by atoms with Crippen LogP contribution in [-0.4, -0.2) is 30.0 Å². The summed E-state index contributed by atoms with van der Waals surface area (Å²) in [4.78, 5) is 6.73. The molecule has 0 spiro atoms. The molecule has 1 heterocycles. The number of rotatable bonds is 8. The van der Waals surface area contributed by atoms with E-state index in [1.54, 1.807) is 0 Å². The summed E-state index contributed by atoms with van der Waals surface area (Å²) < 4.78 is 5.62. The highest BCUT2D eigenvalue weighted by Crippen LogP contribution is 2.25. The van der Waals surface area contributed by atoms with Crippen molar-refractivity contribution in [3.8, 4) is 5.75 Å². The quantitative estimate of drug-likeness (QED) is 0.687. The van der Waals surface area contributed by atoms with Crippen LogP contribution >= 0.6 is 15.9 Å². The van der Waals surface area contributed by atoms with E-state index in [9.17, 15) is 0 Å². The van der Waals surface area contributed by atoms with Gasteiger partial charge in [-0.1, -0.05) is 29.3 Å². The maximum atomic E-state index is 5.62. The van der Waals surface area contributed by atoms with Gasteiger partial charge in [0.05, 0.1) is 6.61 Å². The van der Waals surface area contributed by atoms with Crippen molar-refractivity contribution in [1.29, 1.82) is 0 Å². The predicted octanol–water partition coefficient (Wildman–Crippen LogP) is 3.48. The summed E-state index contributed by atoms with van der Waals surface area (Å²) in [5.74, 6) is 1.84. The van der Waals surface area contributed by atoms with E-state index in [2.05, 4.69) is 32.7 Å². The molecule has 0 bridgehead atoms. The van der Waals surface area contributed by atoms with Crippen LogP contribution in [0.3, 0.4) is 0 Å². The van der Waals surface area contributed by atoms with Crippen molar-refractivity contribution in [1.82, 2.24) is 4.98 Å². The number of aromatic nitrogens is 1. The lowest BCUT2D eigenvalue weighted by atomic mass is 10.3. The summed E-state index contributed by atoms with van der Waals surface area (Å²) in [5, 5.41) is 0.943. The molecule has 0 saturated carbocycles. The van der Waals surface area contributed by atoms with Crippen LogP contribution in [0, 0.1) is 0 Å². The second kappa shape index (κ2) is 8.34. The highest BCUT2D eigenvalue weighted by Gasteiger charge is 2.12. The molecule has 17 heavy (non-hydrogen) atoms. The van der Waals surface area contributed by atoms with E-state index in [0.29, 0.717) is 6.61 Å². The molecular weight excluding hydrogens is 280 g/mol. The van der Waals surface area contributed by atoms with Crippen molar-refractivity contribution in [2.24, 2.45) is 0 Å². The van der Waals surface area contributed by atoms with E-state index in [1.807, 2.05) is 25.3 Å². The van der Waals surface area contributed by atoms with Crippen LogP contribution < -0.4 is 9.64 Å². The maximum absolute atomic E-state index is 5.62. The number of pyridine rings is 1. The zero-order valence-corrected chi connectivity index (χ0v) is 12.2.